The molecule has 1 aliphatic rings. The molecule has 0 aliphatic heterocycles. The van der Waals surface area contributed by atoms with Crippen LogP contribution in [0.4, 0.5) is 5.82 Å². The third-order valence-corrected chi connectivity index (χ3v) is 3.70. The second kappa shape index (κ2) is 6.12. The molecule has 2 aromatic rings. The van der Waals surface area contributed by atoms with Crippen LogP contribution in [0.3, 0.4) is 0 Å². The fraction of sp³-hybridized carbons (Fsp3) is 0.412. The van der Waals surface area contributed by atoms with Crippen LogP contribution in [0.1, 0.15) is 36.0 Å². The van der Waals surface area contributed by atoms with Crippen molar-refractivity contribution in [3.05, 3.63) is 46.9 Å². The predicted octanol–water partition coefficient (Wildman–Crippen LogP) is 3.28. The largest absolute Gasteiger partial charge is 0.486 e. The van der Waals surface area contributed by atoms with Gasteiger partial charge in [0, 0.05) is 18.3 Å². The highest BCUT2D eigenvalue weighted by Crippen LogP contribution is 2.26. The minimum Gasteiger partial charge on any atom is -0.486 e. The van der Waals surface area contributed by atoms with Crippen molar-refractivity contribution < 1.29 is 4.74 Å². The fourth-order valence-corrected chi connectivity index (χ4v) is 2.75. The van der Waals surface area contributed by atoms with Crippen LogP contribution >= 0.6 is 0 Å². The summed E-state index contributed by atoms with van der Waals surface area (Å²) in [5.41, 5.74) is 3.84. The second-order valence-electron chi connectivity index (χ2n) is 5.41. The number of hydrogen-bond donors (Lipinski definition) is 1. The Labute approximate surface area is 125 Å². The van der Waals surface area contributed by atoms with Gasteiger partial charge in [0.25, 0.3) is 0 Å². The Balaban J connectivity index is 1.69. The van der Waals surface area contributed by atoms with Gasteiger partial charge in [-0.1, -0.05) is 6.07 Å². The van der Waals surface area contributed by atoms with Crippen LogP contribution in [-0.4, -0.2) is 16.5 Å². The lowest BCUT2D eigenvalue weighted by molar-refractivity contribution is 0.295. The third kappa shape index (κ3) is 3.32. The summed E-state index contributed by atoms with van der Waals surface area (Å²) in [6.45, 7) is 5.28. The standard InChI is InChI=1S/C17H21N3O/c1-3-18-16-9-12(2)19-17(20-16)11-21-15-8-7-13-5-4-6-14(13)10-15/h7-10H,3-6,11H2,1-2H3,(H,18,19,20). The van der Waals surface area contributed by atoms with Crippen molar-refractivity contribution in [1.82, 2.24) is 9.97 Å². The number of anilines is 1. The predicted molar refractivity (Wildman–Crippen MR) is 83.7 cm³/mol. The van der Waals surface area contributed by atoms with Gasteiger partial charge in [-0.05, 0) is 56.4 Å². The zero-order chi connectivity index (χ0) is 14.7. The molecule has 0 unspecified atom stereocenters. The van der Waals surface area contributed by atoms with Crippen LogP contribution in [0.15, 0.2) is 24.3 Å². The topological polar surface area (TPSA) is 47.0 Å². The fourth-order valence-electron chi connectivity index (χ4n) is 2.75. The van der Waals surface area contributed by atoms with Gasteiger partial charge in [0.15, 0.2) is 5.82 Å². The molecule has 3 rings (SSSR count). The van der Waals surface area contributed by atoms with Crippen molar-refractivity contribution >= 4 is 5.82 Å². The Kier molecular flexibility index (Phi) is 4.04. The van der Waals surface area contributed by atoms with Gasteiger partial charge >= 0.3 is 0 Å². The quantitative estimate of drug-likeness (QED) is 0.914. The van der Waals surface area contributed by atoms with E-state index in [0.29, 0.717) is 12.4 Å². The molecular weight excluding hydrogens is 262 g/mol. The van der Waals surface area contributed by atoms with Crippen molar-refractivity contribution in [2.24, 2.45) is 0 Å². The molecule has 1 aromatic carbocycles. The van der Waals surface area contributed by atoms with Crippen LogP contribution in [0, 0.1) is 6.92 Å². The molecular formula is C17H21N3O. The lowest BCUT2D eigenvalue weighted by Crippen LogP contribution is -2.07. The smallest absolute Gasteiger partial charge is 0.168 e. The highest BCUT2D eigenvalue weighted by atomic mass is 16.5. The van der Waals surface area contributed by atoms with Crippen LogP contribution in [-0.2, 0) is 19.4 Å². The molecule has 110 valence electrons. The van der Waals surface area contributed by atoms with Gasteiger partial charge in [-0.3, -0.25) is 0 Å². The maximum Gasteiger partial charge on any atom is 0.168 e. The molecule has 21 heavy (non-hydrogen) atoms. The van der Waals surface area contributed by atoms with Crippen molar-refractivity contribution in [1.29, 1.82) is 0 Å². The minimum atomic E-state index is 0.402. The average molecular weight is 283 g/mol. The van der Waals surface area contributed by atoms with Gasteiger partial charge in [0.1, 0.15) is 18.2 Å². The van der Waals surface area contributed by atoms with Gasteiger partial charge in [0.05, 0.1) is 0 Å². The summed E-state index contributed by atoms with van der Waals surface area (Å²) in [6, 6.07) is 8.33. The van der Waals surface area contributed by atoms with E-state index in [1.807, 2.05) is 19.1 Å². The number of fused-ring (bicyclic) bond motifs is 1. The second-order valence-corrected chi connectivity index (χ2v) is 5.41. The Morgan fingerprint density at radius 1 is 1.14 bits per heavy atom. The van der Waals surface area contributed by atoms with E-state index in [9.17, 15) is 0 Å². The highest BCUT2D eigenvalue weighted by molar-refractivity contribution is 5.38. The maximum atomic E-state index is 5.85. The summed E-state index contributed by atoms with van der Waals surface area (Å²) >= 11 is 0. The van der Waals surface area contributed by atoms with Crippen molar-refractivity contribution in [2.45, 2.75) is 39.7 Å². The zero-order valence-corrected chi connectivity index (χ0v) is 12.6. The van der Waals surface area contributed by atoms with E-state index in [4.69, 9.17) is 4.74 Å². The van der Waals surface area contributed by atoms with Crippen LogP contribution in [0.25, 0.3) is 0 Å². The van der Waals surface area contributed by atoms with E-state index in [0.717, 1.165) is 30.2 Å². The lowest BCUT2D eigenvalue weighted by Gasteiger charge is -2.09. The summed E-state index contributed by atoms with van der Waals surface area (Å²) in [5, 5.41) is 3.21. The van der Waals surface area contributed by atoms with E-state index < -0.39 is 0 Å². The molecule has 0 spiro atoms. The van der Waals surface area contributed by atoms with E-state index in [-0.39, 0.29) is 0 Å². The van der Waals surface area contributed by atoms with Gasteiger partial charge in [-0.25, -0.2) is 9.97 Å². The molecule has 0 amide bonds. The number of ether oxygens (including phenoxy) is 1. The Bertz CT molecular complexity index is 640. The van der Waals surface area contributed by atoms with Crippen molar-refractivity contribution in [3.63, 3.8) is 0 Å². The van der Waals surface area contributed by atoms with Crippen molar-refractivity contribution in [3.8, 4) is 5.75 Å². The van der Waals surface area contributed by atoms with Crippen LogP contribution < -0.4 is 10.1 Å². The number of nitrogens with one attached hydrogen (secondary N) is 1. The molecule has 0 radical (unpaired) electrons. The molecule has 1 N–H and O–H groups in total. The molecule has 0 saturated carbocycles. The summed E-state index contributed by atoms with van der Waals surface area (Å²) in [4.78, 5) is 8.89. The average Bonchev–Trinajstić information content (AvgIpc) is 2.92. The van der Waals surface area contributed by atoms with Crippen LogP contribution in [0.5, 0.6) is 5.75 Å². The van der Waals surface area contributed by atoms with Crippen molar-refractivity contribution in [2.75, 3.05) is 11.9 Å². The molecule has 1 aromatic heterocycles. The molecule has 4 nitrogen and oxygen atoms in total. The summed E-state index contributed by atoms with van der Waals surface area (Å²) < 4.78 is 5.85. The first kappa shape index (κ1) is 13.9. The normalized spacial score (nSPS) is 13.0. The van der Waals surface area contributed by atoms with E-state index >= 15 is 0 Å². The molecule has 4 heteroatoms. The Morgan fingerprint density at radius 3 is 2.86 bits per heavy atom. The molecule has 0 fully saturated rings. The number of rotatable bonds is 5. The molecule has 1 aliphatic carbocycles. The summed E-state index contributed by atoms with van der Waals surface area (Å²) in [6.07, 6.45) is 3.62. The van der Waals surface area contributed by atoms with Crippen LogP contribution in [0.2, 0.25) is 0 Å². The number of benzene rings is 1. The first-order valence-corrected chi connectivity index (χ1v) is 7.57. The molecule has 0 saturated heterocycles. The monoisotopic (exact) mass is 283 g/mol. The molecule has 1 heterocycles. The van der Waals surface area contributed by atoms with Gasteiger partial charge < -0.3 is 10.1 Å². The Morgan fingerprint density at radius 2 is 2.00 bits per heavy atom. The summed E-state index contributed by atoms with van der Waals surface area (Å²) in [5.74, 6) is 2.48. The Hall–Kier alpha value is -2.10. The van der Waals surface area contributed by atoms with E-state index in [2.05, 4.69) is 34.3 Å². The number of aromatic nitrogens is 2. The summed E-state index contributed by atoms with van der Waals surface area (Å²) in [7, 11) is 0. The first-order valence-electron chi connectivity index (χ1n) is 7.57. The van der Waals surface area contributed by atoms with Gasteiger partial charge in [-0.2, -0.15) is 0 Å². The van der Waals surface area contributed by atoms with Gasteiger partial charge in [-0.15, -0.1) is 0 Å². The number of aryl methyl sites for hydroxylation is 3. The third-order valence-electron chi connectivity index (χ3n) is 3.70. The van der Waals surface area contributed by atoms with E-state index in [1.165, 1.54) is 24.0 Å². The lowest BCUT2D eigenvalue weighted by atomic mass is 10.1. The maximum absolute atomic E-state index is 5.85. The molecule has 0 bridgehead atoms. The SMILES string of the molecule is CCNc1cc(C)nc(COc2ccc3c(c2)CCC3)n1. The first-order chi connectivity index (χ1) is 10.2. The van der Waals surface area contributed by atoms with E-state index in [1.54, 1.807) is 0 Å². The number of nitrogens with zero attached hydrogens (tertiary/aromatic N) is 2. The highest BCUT2D eigenvalue weighted by Gasteiger charge is 2.11. The molecule has 0 atom stereocenters. The van der Waals surface area contributed by atoms with Gasteiger partial charge in [0.2, 0.25) is 0 Å². The zero-order valence-electron chi connectivity index (χ0n) is 12.6. The number of hydrogen-bond acceptors (Lipinski definition) is 4. The minimum absolute atomic E-state index is 0.402.